The van der Waals surface area contributed by atoms with Crippen LogP contribution in [0.3, 0.4) is 0 Å². The normalized spacial score (nSPS) is 25.2. The Morgan fingerprint density at radius 3 is 2.56 bits per heavy atom. The summed E-state index contributed by atoms with van der Waals surface area (Å²) in [6, 6.07) is -0.241. The number of rotatable bonds is 5. The molecule has 0 spiro atoms. The standard InChI is InChI=1S/C12H20N2O3S/c15-10(16)12(4-2-5-12)8-14-11(17)13-7-9-3-1-6-18-9/h9H,1-8H2,(H,15,16)(H2,13,14,17). The molecule has 1 saturated carbocycles. The van der Waals surface area contributed by atoms with Crippen LogP contribution in [-0.2, 0) is 4.79 Å². The summed E-state index contributed by atoms with van der Waals surface area (Å²) < 4.78 is 0. The molecule has 1 atom stereocenters. The number of carboxylic acids is 1. The van der Waals surface area contributed by atoms with E-state index in [-0.39, 0.29) is 12.6 Å². The number of hydrogen-bond acceptors (Lipinski definition) is 3. The van der Waals surface area contributed by atoms with Crippen molar-refractivity contribution in [3.05, 3.63) is 0 Å². The minimum atomic E-state index is -0.791. The highest BCUT2D eigenvalue weighted by molar-refractivity contribution is 8.00. The first-order chi connectivity index (χ1) is 8.62. The number of carboxylic acid groups (broad SMARTS) is 1. The lowest BCUT2D eigenvalue weighted by Crippen LogP contribution is -2.50. The fourth-order valence-corrected chi connectivity index (χ4v) is 3.59. The number of urea groups is 1. The van der Waals surface area contributed by atoms with Crippen molar-refractivity contribution < 1.29 is 14.7 Å². The quantitative estimate of drug-likeness (QED) is 0.707. The summed E-state index contributed by atoms with van der Waals surface area (Å²) in [5, 5.41) is 15.2. The highest BCUT2D eigenvalue weighted by Crippen LogP contribution is 2.40. The molecular weight excluding hydrogens is 252 g/mol. The molecule has 2 rings (SSSR count). The number of carbonyl (C=O) groups is 2. The average Bonchev–Trinajstić information content (AvgIpc) is 2.77. The lowest BCUT2D eigenvalue weighted by atomic mass is 9.69. The second-order valence-electron chi connectivity index (χ2n) is 5.14. The second-order valence-corrected chi connectivity index (χ2v) is 6.55. The van der Waals surface area contributed by atoms with Gasteiger partial charge in [0.25, 0.3) is 0 Å². The Morgan fingerprint density at radius 1 is 1.28 bits per heavy atom. The van der Waals surface area contributed by atoms with Crippen molar-refractivity contribution in [3.63, 3.8) is 0 Å². The largest absolute Gasteiger partial charge is 0.481 e. The zero-order valence-electron chi connectivity index (χ0n) is 10.4. The van der Waals surface area contributed by atoms with Crippen molar-refractivity contribution in [2.24, 2.45) is 5.41 Å². The van der Waals surface area contributed by atoms with Crippen LogP contribution >= 0.6 is 11.8 Å². The van der Waals surface area contributed by atoms with Gasteiger partial charge < -0.3 is 15.7 Å². The van der Waals surface area contributed by atoms with Crippen LogP contribution in [0.25, 0.3) is 0 Å². The number of aliphatic carboxylic acids is 1. The van der Waals surface area contributed by atoms with E-state index < -0.39 is 11.4 Å². The van der Waals surface area contributed by atoms with Crippen LogP contribution in [0.5, 0.6) is 0 Å². The van der Waals surface area contributed by atoms with E-state index in [2.05, 4.69) is 10.6 Å². The average molecular weight is 272 g/mol. The molecule has 1 aliphatic carbocycles. The number of thioether (sulfide) groups is 1. The van der Waals surface area contributed by atoms with E-state index >= 15 is 0 Å². The van der Waals surface area contributed by atoms with Gasteiger partial charge in [-0.3, -0.25) is 4.79 Å². The SMILES string of the molecule is O=C(NCC1CCCS1)NCC1(C(=O)O)CCC1. The van der Waals surface area contributed by atoms with Gasteiger partial charge in [0.2, 0.25) is 0 Å². The van der Waals surface area contributed by atoms with Crippen molar-refractivity contribution in [3.8, 4) is 0 Å². The molecule has 2 fully saturated rings. The maximum atomic E-state index is 11.6. The highest BCUT2D eigenvalue weighted by Gasteiger charge is 2.44. The Bertz CT molecular complexity index is 325. The van der Waals surface area contributed by atoms with Gasteiger partial charge in [-0.05, 0) is 31.4 Å². The Balaban J connectivity index is 1.66. The molecule has 1 aliphatic heterocycles. The summed E-state index contributed by atoms with van der Waals surface area (Å²) in [7, 11) is 0. The van der Waals surface area contributed by atoms with E-state index in [1.54, 1.807) is 0 Å². The van der Waals surface area contributed by atoms with Gasteiger partial charge in [0.15, 0.2) is 0 Å². The number of hydrogen-bond donors (Lipinski definition) is 3. The van der Waals surface area contributed by atoms with E-state index in [4.69, 9.17) is 5.11 Å². The topological polar surface area (TPSA) is 78.4 Å². The molecule has 3 N–H and O–H groups in total. The highest BCUT2D eigenvalue weighted by atomic mass is 32.2. The summed E-state index contributed by atoms with van der Waals surface area (Å²) in [6.07, 6.45) is 4.65. The minimum absolute atomic E-state index is 0.241. The summed E-state index contributed by atoms with van der Waals surface area (Å²) >= 11 is 1.89. The third kappa shape index (κ3) is 3.10. The Kier molecular flexibility index (Phi) is 4.37. The molecule has 0 aromatic heterocycles. The molecule has 1 unspecified atom stereocenters. The first-order valence-corrected chi connectivity index (χ1v) is 7.54. The molecular formula is C12H20N2O3S. The van der Waals surface area contributed by atoms with Crippen LogP contribution in [0.2, 0.25) is 0 Å². The molecule has 1 saturated heterocycles. The van der Waals surface area contributed by atoms with Crippen molar-refractivity contribution in [2.75, 3.05) is 18.8 Å². The van der Waals surface area contributed by atoms with E-state index in [0.717, 1.165) is 12.8 Å². The maximum Gasteiger partial charge on any atom is 0.314 e. The van der Waals surface area contributed by atoms with Gasteiger partial charge in [-0.25, -0.2) is 4.79 Å². The van der Waals surface area contributed by atoms with Crippen molar-refractivity contribution in [1.82, 2.24) is 10.6 Å². The van der Waals surface area contributed by atoms with Gasteiger partial charge in [-0.1, -0.05) is 6.42 Å². The van der Waals surface area contributed by atoms with E-state index in [1.165, 1.54) is 12.2 Å². The van der Waals surface area contributed by atoms with Gasteiger partial charge in [0.05, 0.1) is 5.41 Å². The zero-order valence-corrected chi connectivity index (χ0v) is 11.2. The molecule has 18 heavy (non-hydrogen) atoms. The zero-order chi connectivity index (χ0) is 13.0. The van der Waals surface area contributed by atoms with Crippen molar-refractivity contribution in [1.29, 1.82) is 0 Å². The van der Waals surface area contributed by atoms with Gasteiger partial charge in [0, 0.05) is 18.3 Å². The van der Waals surface area contributed by atoms with E-state index in [0.29, 0.717) is 24.6 Å². The number of carbonyl (C=O) groups excluding carboxylic acids is 1. The molecule has 2 aliphatic rings. The molecule has 0 aromatic rings. The van der Waals surface area contributed by atoms with Gasteiger partial charge in [-0.15, -0.1) is 0 Å². The maximum absolute atomic E-state index is 11.6. The fraction of sp³-hybridized carbons (Fsp3) is 0.833. The van der Waals surface area contributed by atoms with Crippen LogP contribution in [0.1, 0.15) is 32.1 Å². The Labute approximate surface area is 111 Å². The fourth-order valence-electron chi connectivity index (χ4n) is 2.39. The Hall–Kier alpha value is -0.910. The number of nitrogens with one attached hydrogen (secondary N) is 2. The monoisotopic (exact) mass is 272 g/mol. The number of amides is 2. The minimum Gasteiger partial charge on any atom is -0.481 e. The van der Waals surface area contributed by atoms with Gasteiger partial charge in [-0.2, -0.15) is 11.8 Å². The second kappa shape index (κ2) is 5.82. The molecule has 102 valence electrons. The van der Waals surface area contributed by atoms with Crippen molar-refractivity contribution in [2.45, 2.75) is 37.4 Å². The summed E-state index contributed by atoms with van der Waals surface area (Å²) in [5.74, 6) is 0.385. The van der Waals surface area contributed by atoms with Crippen LogP contribution in [0, 0.1) is 5.41 Å². The lowest BCUT2D eigenvalue weighted by Gasteiger charge is -2.37. The molecule has 0 aromatic carbocycles. The molecule has 5 nitrogen and oxygen atoms in total. The van der Waals surface area contributed by atoms with Crippen molar-refractivity contribution >= 4 is 23.8 Å². The molecule has 1 heterocycles. The first kappa shape index (κ1) is 13.5. The third-order valence-electron chi connectivity index (χ3n) is 3.87. The first-order valence-electron chi connectivity index (χ1n) is 6.49. The lowest BCUT2D eigenvalue weighted by molar-refractivity contribution is -0.153. The molecule has 2 amide bonds. The van der Waals surface area contributed by atoms with Gasteiger partial charge >= 0.3 is 12.0 Å². The van der Waals surface area contributed by atoms with Crippen LogP contribution in [0.4, 0.5) is 4.79 Å². The molecule has 0 bridgehead atoms. The summed E-state index contributed by atoms with van der Waals surface area (Å²) in [4.78, 5) is 22.7. The predicted octanol–water partition coefficient (Wildman–Crippen LogP) is 1.44. The van der Waals surface area contributed by atoms with Crippen LogP contribution in [0.15, 0.2) is 0 Å². The third-order valence-corrected chi connectivity index (χ3v) is 5.26. The molecule has 0 radical (unpaired) electrons. The van der Waals surface area contributed by atoms with E-state index in [9.17, 15) is 9.59 Å². The van der Waals surface area contributed by atoms with Crippen LogP contribution < -0.4 is 10.6 Å². The smallest absolute Gasteiger partial charge is 0.314 e. The van der Waals surface area contributed by atoms with E-state index in [1.807, 2.05) is 11.8 Å². The molecule has 6 heteroatoms. The van der Waals surface area contributed by atoms with Gasteiger partial charge in [0.1, 0.15) is 0 Å². The Morgan fingerprint density at radius 2 is 2.06 bits per heavy atom. The summed E-state index contributed by atoms with van der Waals surface area (Å²) in [5.41, 5.74) is -0.709. The summed E-state index contributed by atoms with van der Waals surface area (Å²) in [6.45, 7) is 0.919. The van der Waals surface area contributed by atoms with Crippen LogP contribution in [-0.4, -0.2) is 41.2 Å². The predicted molar refractivity (Wildman–Crippen MR) is 70.8 cm³/mol.